The van der Waals surface area contributed by atoms with Crippen LogP contribution in [0.15, 0.2) is 30.6 Å². The van der Waals surface area contributed by atoms with Gasteiger partial charge in [0, 0.05) is 6.20 Å². The van der Waals surface area contributed by atoms with Crippen molar-refractivity contribution in [3.63, 3.8) is 0 Å². The Kier molecular flexibility index (Phi) is 3.36. The molecule has 2 aromatic rings. The summed E-state index contributed by atoms with van der Waals surface area (Å²) in [5.41, 5.74) is 7.18. The van der Waals surface area contributed by atoms with E-state index in [9.17, 15) is 4.39 Å². The van der Waals surface area contributed by atoms with Crippen molar-refractivity contribution in [2.45, 2.75) is 0 Å². The largest absolute Gasteiger partial charge is 0.396 e. The van der Waals surface area contributed by atoms with E-state index in [1.165, 1.54) is 18.3 Å². The molecule has 0 atom stereocenters. The number of hydrogen-bond donors (Lipinski definition) is 2. The fraction of sp³-hybridized carbons (Fsp3) is 0. The zero-order chi connectivity index (χ0) is 12.4. The molecule has 0 aliphatic rings. The van der Waals surface area contributed by atoms with E-state index < -0.39 is 5.82 Å². The molecule has 17 heavy (non-hydrogen) atoms. The number of halogens is 3. The lowest BCUT2D eigenvalue weighted by Gasteiger charge is -2.12. The second-order valence-electron chi connectivity index (χ2n) is 3.33. The Morgan fingerprint density at radius 1 is 1.24 bits per heavy atom. The predicted octanol–water partition coefficient (Wildman–Crippen LogP) is 3.85. The van der Waals surface area contributed by atoms with Crippen molar-refractivity contribution in [3.05, 3.63) is 46.5 Å². The van der Waals surface area contributed by atoms with Crippen LogP contribution >= 0.6 is 23.2 Å². The van der Waals surface area contributed by atoms with Crippen LogP contribution in [0.1, 0.15) is 0 Å². The average molecular weight is 272 g/mol. The number of nitrogens with two attached hydrogens (primary N) is 1. The Labute approximate surface area is 107 Å². The molecular formula is C11H8Cl2FN3. The van der Waals surface area contributed by atoms with Gasteiger partial charge in [0.05, 0.1) is 33.3 Å². The van der Waals surface area contributed by atoms with Gasteiger partial charge in [-0.1, -0.05) is 23.2 Å². The van der Waals surface area contributed by atoms with Gasteiger partial charge in [0.2, 0.25) is 0 Å². The Morgan fingerprint density at radius 2 is 1.88 bits per heavy atom. The Balaban J connectivity index is 2.40. The first-order valence-corrected chi connectivity index (χ1v) is 5.44. The van der Waals surface area contributed by atoms with Crippen molar-refractivity contribution in [1.82, 2.24) is 4.98 Å². The smallest absolute Gasteiger partial charge is 0.126 e. The third kappa shape index (κ3) is 2.60. The van der Waals surface area contributed by atoms with Crippen LogP contribution in [0.3, 0.4) is 0 Å². The number of pyridine rings is 1. The maximum atomic E-state index is 13.0. The van der Waals surface area contributed by atoms with Crippen molar-refractivity contribution < 1.29 is 4.39 Å². The van der Waals surface area contributed by atoms with Crippen LogP contribution in [-0.4, -0.2) is 4.98 Å². The van der Waals surface area contributed by atoms with E-state index in [1.807, 2.05) is 0 Å². The second kappa shape index (κ2) is 4.77. The molecular weight excluding hydrogens is 264 g/mol. The minimum absolute atomic E-state index is 0.186. The van der Waals surface area contributed by atoms with Crippen LogP contribution in [0.4, 0.5) is 21.5 Å². The van der Waals surface area contributed by atoms with E-state index in [4.69, 9.17) is 28.9 Å². The molecule has 1 aromatic heterocycles. The second-order valence-corrected chi connectivity index (χ2v) is 4.15. The molecule has 3 N–H and O–H groups in total. The standard InChI is InChI=1S/C11H8Cl2FN3/c12-7-3-6(14)4-8(13)11(7)17-10-1-2-16-5-9(10)15/h1-5H,15H2,(H,16,17). The average Bonchev–Trinajstić information content (AvgIpc) is 2.25. The summed E-state index contributed by atoms with van der Waals surface area (Å²) in [4.78, 5) is 3.85. The van der Waals surface area contributed by atoms with Crippen molar-refractivity contribution in [1.29, 1.82) is 0 Å². The van der Waals surface area contributed by atoms with E-state index in [0.717, 1.165) is 0 Å². The topological polar surface area (TPSA) is 50.9 Å². The van der Waals surface area contributed by atoms with Gasteiger partial charge in [0.15, 0.2) is 0 Å². The van der Waals surface area contributed by atoms with Gasteiger partial charge in [-0.05, 0) is 18.2 Å². The van der Waals surface area contributed by atoms with Gasteiger partial charge < -0.3 is 11.1 Å². The lowest BCUT2D eigenvalue weighted by Crippen LogP contribution is -1.98. The monoisotopic (exact) mass is 271 g/mol. The van der Waals surface area contributed by atoms with Crippen LogP contribution < -0.4 is 11.1 Å². The van der Waals surface area contributed by atoms with Crippen molar-refractivity contribution >= 4 is 40.3 Å². The van der Waals surface area contributed by atoms with Gasteiger partial charge in [-0.15, -0.1) is 0 Å². The van der Waals surface area contributed by atoms with Gasteiger partial charge in [0.1, 0.15) is 5.82 Å². The van der Waals surface area contributed by atoms with E-state index >= 15 is 0 Å². The molecule has 3 nitrogen and oxygen atoms in total. The molecule has 0 amide bonds. The minimum atomic E-state index is -0.492. The molecule has 88 valence electrons. The first-order valence-electron chi connectivity index (χ1n) is 4.69. The summed E-state index contributed by atoms with van der Waals surface area (Å²) >= 11 is 11.8. The zero-order valence-corrected chi connectivity index (χ0v) is 10.1. The number of nitrogens with one attached hydrogen (secondary N) is 1. The van der Waals surface area contributed by atoms with Gasteiger partial charge in [0.25, 0.3) is 0 Å². The maximum Gasteiger partial charge on any atom is 0.126 e. The highest BCUT2D eigenvalue weighted by Crippen LogP contribution is 2.34. The molecule has 0 radical (unpaired) electrons. The van der Waals surface area contributed by atoms with Gasteiger partial charge in [-0.25, -0.2) is 4.39 Å². The van der Waals surface area contributed by atoms with Gasteiger partial charge in [-0.2, -0.15) is 0 Å². The van der Waals surface area contributed by atoms with Crippen molar-refractivity contribution in [2.75, 3.05) is 11.1 Å². The quantitative estimate of drug-likeness (QED) is 0.872. The summed E-state index contributed by atoms with van der Waals surface area (Å²) < 4.78 is 13.0. The Morgan fingerprint density at radius 3 is 2.47 bits per heavy atom. The highest BCUT2D eigenvalue weighted by Gasteiger charge is 2.09. The third-order valence-electron chi connectivity index (χ3n) is 2.12. The Bertz CT molecular complexity index is 537. The molecule has 0 unspecified atom stereocenters. The van der Waals surface area contributed by atoms with Crippen LogP contribution in [0.25, 0.3) is 0 Å². The normalized spacial score (nSPS) is 10.3. The predicted molar refractivity (Wildman–Crippen MR) is 68.4 cm³/mol. The third-order valence-corrected chi connectivity index (χ3v) is 2.71. The molecule has 1 heterocycles. The van der Waals surface area contributed by atoms with Crippen molar-refractivity contribution in [3.8, 4) is 0 Å². The summed E-state index contributed by atoms with van der Waals surface area (Å²) in [5, 5.41) is 3.31. The Hall–Kier alpha value is -1.52. The molecule has 0 fully saturated rings. The van der Waals surface area contributed by atoms with Gasteiger partial charge in [-0.3, -0.25) is 4.98 Å². The molecule has 0 aliphatic heterocycles. The molecule has 0 bridgehead atoms. The SMILES string of the molecule is Nc1cnccc1Nc1c(Cl)cc(F)cc1Cl. The summed E-state index contributed by atoms with van der Waals surface area (Å²) in [7, 11) is 0. The molecule has 2 rings (SSSR count). The summed E-state index contributed by atoms with van der Waals surface area (Å²) in [6, 6.07) is 4.02. The first-order chi connectivity index (χ1) is 8.08. The zero-order valence-electron chi connectivity index (χ0n) is 8.55. The van der Waals surface area contributed by atoms with Crippen molar-refractivity contribution in [2.24, 2.45) is 0 Å². The summed E-state index contributed by atoms with van der Waals surface area (Å²) in [5.74, 6) is -0.492. The number of nitrogens with zero attached hydrogens (tertiary/aromatic N) is 1. The lowest BCUT2D eigenvalue weighted by atomic mass is 10.2. The maximum absolute atomic E-state index is 13.0. The number of nitrogen functional groups attached to an aromatic ring is 1. The molecule has 6 heteroatoms. The highest BCUT2D eigenvalue weighted by atomic mass is 35.5. The number of benzene rings is 1. The number of anilines is 3. The number of rotatable bonds is 2. The number of hydrogen-bond acceptors (Lipinski definition) is 3. The van der Waals surface area contributed by atoms with E-state index in [1.54, 1.807) is 12.3 Å². The van der Waals surface area contributed by atoms with E-state index in [0.29, 0.717) is 17.1 Å². The van der Waals surface area contributed by atoms with Crippen LogP contribution in [-0.2, 0) is 0 Å². The molecule has 0 saturated heterocycles. The minimum Gasteiger partial charge on any atom is -0.396 e. The molecule has 1 aromatic carbocycles. The summed E-state index contributed by atoms with van der Waals surface area (Å²) in [6.45, 7) is 0. The fourth-order valence-electron chi connectivity index (χ4n) is 1.32. The highest BCUT2D eigenvalue weighted by molar-refractivity contribution is 6.39. The molecule has 0 aliphatic carbocycles. The van der Waals surface area contributed by atoms with E-state index in [2.05, 4.69) is 10.3 Å². The van der Waals surface area contributed by atoms with Crippen LogP contribution in [0.5, 0.6) is 0 Å². The van der Waals surface area contributed by atoms with Gasteiger partial charge >= 0.3 is 0 Å². The van der Waals surface area contributed by atoms with Crippen LogP contribution in [0, 0.1) is 5.82 Å². The molecule has 0 saturated carbocycles. The first kappa shape index (κ1) is 12.0. The summed E-state index contributed by atoms with van der Waals surface area (Å²) in [6.07, 6.45) is 3.07. The number of aromatic nitrogens is 1. The molecule has 0 spiro atoms. The van der Waals surface area contributed by atoms with Crippen LogP contribution in [0.2, 0.25) is 10.0 Å². The fourth-order valence-corrected chi connectivity index (χ4v) is 1.87. The van der Waals surface area contributed by atoms with E-state index in [-0.39, 0.29) is 10.0 Å². The lowest BCUT2D eigenvalue weighted by molar-refractivity contribution is 0.628.